The maximum Gasteiger partial charge on any atom is 0.191 e. The molecule has 0 atom stereocenters. The van der Waals surface area contributed by atoms with Gasteiger partial charge in [0.1, 0.15) is 5.65 Å². The first-order valence-electron chi connectivity index (χ1n) is 8.86. The minimum Gasteiger partial charge on any atom is -0.357 e. The van der Waals surface area contributed by atoms with Crippen LogP contribution in [0.1, 0.15) is 23.7 Å². The molecular formula is C20H24ClN5. The van der Waals surface area contributed by atoms with Gasteiger partial charge in [-0.1, -0.05) is 35.9 Å². The van der Waals surface area contributed by atoms with Crippen LogP contribution in [0.2, 0.25) is 5.02 Å². The SMILES string of the molecule is CCNC(=NCc1ccccc1Cl)NCCc1cn2cccc(C)c2n1. The van der Waals surface area contributed by atoms with E-state index in [-0.39, 0.29) is 0 Å². The monoisotopic (exact) mass is 369 g/mol. The van der Waals surface area contributed by atoms with E-state index >= 15 is 0 Å². The Bertz CT molecular complexity index is 900. The molecule has 0 radical (unpaired) electrons. The van der Waals surface area contributed by atoms with Gasteiger partial charge in [0.05, 0.1) is 12.2 Å². The minimum absolute atomic E-state index is 0.544. The molecule has 1 aromatic carbocycles. The van der Waals surface area contributed by atoms with Crippen LogP contribution in [-0.2, 0) is 13.0 Å². The molecule has 136 valence electrons. The van der Waals surface area contributed by atoms with E-state index in [0.29, 0.717) is 6.54 Å². The van der Waals surface area contributed by atoms with Crippen LogP contribution in [0.4, 0.5) is 0 Å². The molecule has 26 heavy (non-hydrogen) atoms. The summed E-state index contributed by atoms with van der Waals surface area (Å²) in [5.74, 6) is 0.785. The van der Waals surface area contributed by atoms with Crippen molar-refractivity contribution < 1.29 is 0 Å². The number of nitrogens with zero attached hydrogens (tertiary/aromatic N) is 3. The van der Waals surface area contributed by atoms with E-state index in [1.807, 2.05) is 36.5 Å². The van der Waals surface area contributed by atoms with Crippen molar-refractivity contribution in [1.82, 2.24) is 20.0 Å². The van der Waals surface area contributed by atoms with E-state index in [4.69, 9.17) is 16.6 Å². The highest BCUT2D eigenvalue weighted by Crippen LogP contribution is 2.15. The number of aromatic nitrogens is 2. The number of guanidine groups is 1. The Hall–Kier alpha value is -2.53. The van der Waals surface area contributed by atoms with Crippen LogP contribution in [0.25, 0.3) is 5.65 Å². The number of halogens is 1. The van der Waals surface area contributed by atoms with Crippen LogP contribution in [-0.4, -0.2) is 28.4 Å². The molecule has 0 saturated carbocycles. The summed E-state index contributed by atoms with van der Waals surface area (Å²) in [5, 5.41) is 7.37. The molecule has 0 saturated heterocycles. The molecule has 0 spiro atoms. The number of pyridine rings is 1. The Morgan fingerprint density at radius 2 is 2.04 bits per heavy atom. The van der Waals surface area contributed by atoms with Gasteiger partial charge in [0.25, 0.3) is 0 Å². The number of aliphatic imine (C=N–C) groups is 1. The van der Waals surface area contributed by atoms with Gasteiger partial charge < -0.3 is 15.0 Å². The van der Waals surface area contributed by atoms with Crippen LogP contribution in [0.15, 0.2) is 53.8 Å². The predicted molar refractivity (Wildman–Crippen MR) is 108 cm³/mol. The van der Waals surface area contributed by atoms with Crippen LogP contribution in [0, 0.1) is 6.92 Å². The lowest BCUT2D eigenvalue weighted by Crippen LogP contribution is -2.38. The average molecular weight is 370 g/mol. The van der Waals surface area contributed by atoms with Crippen molar-refractivity contribution in [1.29, 1.82) is 0 Å². The summed E-state index contributed by atoms with van der Waals surface area (Å²) in [6, 6.07) is 11.9. The topological polar surface area (TPSA) is 53.7 Å². The van der Waals surface area contributed by atoms with Gasteiger partial charge in [-0.05, 0) is 37.1 Å². The van der Waals surface area contributed by atoms with E-state index in [2.05, 4.69) is 46.1 Å². The van der Waals surface area contributed by atoms with Crippen LogP contribution in [0.3, 0.4) is 0 Å². The van der Waals surface area contributed by atoms with Crippen molar-refractivity contribution in [2.75, 3.05) is 13.1 Å². The summed E-state index contributed by atoms with van der Waals surface area (Å²) in [7, 11) is 0. The highest BCUT2D eigenvalue weighted by atomic mass is 35.5. The largest absolute Gasteiger partial charge is 0.357 e. The van der Waals surface area contributed by atoms with Gasteiger partial charge in [0, 0.05) is 36.9 Å². The summed E-state index contributed by atoms with van der Waals surface area (Å²) >= 11 is 6.20. The molecule has 0 unspecified atom stereocenters. The van der Waals surface area contributed by atoms with Crippen molar-refractivity contribution >= 4 is 23.2 Å². The Morgan fingerprint density at radius 1 is 1.19 bits per heavy atom. The number of aryl methyl sites for hydroxylation is 1. The van der Waals surface area contributed by atoms with Gasteiger partial charge >= 0.3 is 0 Å². The van der Waals surface area contributed by atoms with Crippen molar-refractivity contribution in [3.05, 3.63) is 70.6 Å². The zero-order chi connectivity index (χ0) is 18.4. The Morgan fingerprint density at radius 3 is 2.81 bits per heavy atom. The average Bonchev–Trinajstić information content (AvgIpc) is 3.05. The number of rotatable bonds is 6. The number of imidazole rings is 1. The minimum atomic E-state index is 0.544. The quantitative estimate of drug-likeness (QED) is 0.515. The zero-order valence-corrected chi connectivity index (χ0v) is 15.9. The molecule has 0 aliphatic heterocycles. The Labute approximate surface area is 159 Å². The lowest BCUT2D eigenvalue weighted by molar-refractivity contribution is 0.791. The maximum absolute atomic E-state index is 6.20. The Balaban J connectivity index is 1.60. The second kappa shape index (κ2) is 8.72. The van der Waals surface area contributed by atoms with Crippen LogP contribution < -0.4 is 10.6 Å². The second-order valence-corrected chi connectivity index (χ2v) is 6.52. The fraction of sp³-hybridized carbons (Fsp3) is 0.300. The van der Waals surface area contributed by atoms with Gasteiger partial charge in [-0.3, -0.25) is 0 Å². The Kier molecular flexibility index (Phi) is 6.12. The maximum atomic E-state index is 6.20. The van der Waals surface area contributed by atoms with Crippen LogP contribution >= 0.6 is 11.6 Å². The molecule has 0 bridgehead atoms. The first kappa shape index (κ1) is 18.3. The van der Waals surface area contributed by atoms with Gasteiger partial charge in [0.2, 0.25) is 0 Å². The number of fused-ring (bicyclic) bond motifs is 1. The molecule has 2 aromatic heterocycles. The third-order valence-corrected chi connectivity index (χ3v) is 4.48. The molecule has 2 N–H and O–H groups in total. The smallest absolute Gasteiger partial charge is 0.191 e. The lowest BCUT2D eigenvalue weighted by Gasteiger charge is -2.11. The van der Waals surface area contributed by atoms with E-state index < -0.39 is 0 Å². The molecule has 2 heterocycles. The molecule has 0 aliphatic carbocycles. The van der Waals surface area contributed by atoms with Gasteiger partial charge in [-0.25, -0.2) is 9.98 Å². The lowest BCUT2D eigenvalue weighted by atomic mass is 10.2. The highest BCUT2D eigenvalue weighted by molar-refractivity contribution is 6.31. The predicted octanol–water partition coefficient (Wildman–Crippen LogP) is 3.59. The summed E-state index contributed by atoms with van der Waals surface area (Å²) in [6.07, 6.45) is 4.94. The molecule has 0 aliphatic rings. The summed E-state index contributed by atoms with van der Waals surface area (Å²) in [6.45, 7) is 6.24. The molecule has 0 fully saturated rings. The molecule has 6 heteroatoms. The fourth-order valence-electron chi connectivity index (χ4n) is 2.77. The van der Waals surface area contributed by atoms with E-state index in [0.717, 1.165) is 47.4 Å². The summed E-state index contributed by atoms with van der Waals surface area (Å²) in [5.41, 5.74) is 4.28. The number of hydrogen-bond acceptors (Lipinski definition) is 2. The normalized spacial score (nSPS) is 11.7. The third-order valence-electron chi connectivity index (χ3n) is 4.11. The highest BCUT2D eigenvalue weighted by Gasteiger charge is 2.05. The van der Waals surface area contributed by atoms with Crippen molar-refractivity contribution in [2.24, 2.45) is 4.99 Å². The first-order chi connectivity index (χ1) is 12.7. The summed E-state index contributed by atoms with van der Waals surface area (Å²) < 4.78 is 2.07. The number of nitrogens with one attached hydrogen (secondary N) is 2. The van der Waals surface area contributed by atoms with Crippen molar-refractivity contribution in [2.45, 2.75) is 26.8 Å². The van der Waals surface area contributed by atoms with Crippen LogP contribution in [0.5, 0.6) is 0 Å². The molecule has 0 amide bonds. The van der Waals surface area contributed by atoms with Gasteiger partial charge in [-0.15, -0.1) is 0 Å². The first-order valence-corrected chi connectivity index (χ1v) is 9.24. The third kappa shape index (κ3) is 4.55. The zero-order valence-electron chi connectivity index (χ0n) is 15.2. The fourth-order valence-corrected chi connectivity index (χ4v) is 2.96. The second-order valence-electron chi connectivity index (χ2n) is 6.12. The molecular weight excluding hydrogens is 346 g/mol. The van der Waals surface area contributed by atoms with Gasteiger partial charge in [0.15, 0.2) is 5.96 Å². The van der Waals surface area contributed by atoms with E-state index in [1.165, 1.54) is 5.56 Å². The standard InChI is InChI=1S/C20H24ClN5/c1-3-22-20(24-13-16-8-4-5-9-18(16)21)23-11-10-17-14-26-12-6-7-15(2)19(26)25-17/h4-9,12,14H,3,10-11,13H2,1-2H3,(H2,22,23,24). The summed E-state index contributed by atoms with van der Waals surface area (Å²) in [4.78, 5) is 9.32. The van der Waals surface area contributed by atoms with Crippen molar-refractivity contribution in [3.8, 4) is 0 Å². The van der Waals surface area contributed by atoms with E-state index in [1.54, 1.807) is 0 Å². The van der Waals surface area contributed by atoms with E-state index in [9.17, 15) is 0 Å². The number of hydrogen-bond donors (Lipinski definition) is 2. The van der Waals surface area contributed by atoms with Gasteiger partial charge in [-0.2, -0.15) is 0 Å². The number of benzene rings is 1. The van der Waals surface area contributed by atoms with Crippen molar-refractivity contribution in [3.63, 3.8) is 0 Å². The molecule has 5 nitrogen and oxygen atoms in total. The molecule has 3 aromatic rings. The molecule has 3 rings (SSSR count).